The van der Waals surface area contributed by atoms with Crippen LogP contribution in [0.25, 0.3) is 33.4 Å². The van der Waals surface area contributed by atoms with Crippen molar-refractivity contribution >= 4 is 39.7 Å². The van der Waals surface area contributed by atoms with Crippen molar-refractivity contribution in [2.24, 2.45) is 23.2 Å². The Kier molecular flexibility index (Phi) is 12.9. The van der Waals surface area contributed by atoms with Crippen LogP contribution in [0.2, 0.25) is 0 Å². The van der Waals surface area contributed by atoms with E-state index in [1.165, 1.54) is 16.6 Å². The molecule has 0 radical (unpaired) electrons. The number of likely N-dealkylation sites (tertiary alicyclic amines) is 1. The predicted octanol–water partition coefficient (Wildman–Crippen LogP) is 5.87. The van der Waals surface area contributed by atoms with Gasteiger partial charge in [-0.3, -0.25) is 19.6 Å². The smallest absolute Gasteiger partial charge is 0.259 e. The molecule has 330 valence electrons. The molecule has 0 bridgehead atoms. The molecular weight excluding hydrogens is 787 g/mol. The second-order valence-corrected chi connectivity index (χ2v) is 19.9. The summed E-state index contributed by atoms with van der Waals surface area (Å²) in [5.41, 5.74) is 11.8. The number of methoxy groups -OCH3 is 2. The summed E-state index contributed by atoms with van der Waals surface area (Å²) in [6, 6.07) is 8.56. The number of carbonyl (C=O) groups is 2. The maximum atomic E-state index is 14.1. The van der Waals surface area contributed by atoms with Gasteiger partial charge in [0.15, 0.2) is 0 Å². The fourth-order valence-corrected chi connectivity index (χ4v) is 11.1. The number of nitrogens with zero attached hydrogens (tertiary/aromatic N) is 7. The average Bonchev–Trinajstić information content (AvgIpc) is 3.53. The van der Waals surface area contributed by atoms with Crippen molar-refractivity contribution in [1.29, 1.82) is 0 Å². The third-order valence-electron chi connectivity index (χ3n) is 13.6. The van der Waals surface area contributed by atoms with Crippen molar-refractivity contribution in [3.05, 3.63) is 52.1 Å². The first kappa shape index (κ1) is 43.7. The van der Waals surface area contributed by atoms with Crippen molar-refractivity contribution < 1.29 is 19.1 Å². The highest BCUT2D eigenvalue weighted by atomic mass is 32.1. The Bertz CT molecular complexity index is 2200. The first-order chi connectivity index (χ1) is 29.3. The van der Waals surface area contributed by atoms with Gasteiger partial charge in [-0.2, -0.15) is 0 Å². The standard InChI is InChI=1S/C47H67N9O4S/c1-10-55-40-14-13-31(39-27-61-41(49-39)22-38(46(58)56-15-11-12-29(2)51-56)50-45(57)42-36-25-53(7)26-37(36)42)20-33(40)35(23-47(4,5)28-59-8)44(55)34-21-32(24-48-43(34)30(3)60-9)54-18-16-52(6)17-19-54/h13-14,20-21,24,27,29-30,36-38,42,51H,10-12,15-19,22-23,25-26,28H2,1-9H3,(H,50,57)/t29-,30+,36-,37+,38+,42?/m1/s1. The number of thiazole rings is 1. The number of hydrogen-bond donors (Lipinski definition) is 2. The van der Waals surface area contributed by atoms with Crippen LogP contribution in [0.4, 0.5) is 5.69 Å². The molecular formula is C47H67N9O4S. The topological polar surface area (TPSA) is 120 Å². The van der Waals surface area contributed by atoms with Gasteiger partial charge in [0.25, 0.3) is 5.91 Å². The van der Waals surface area contributed by atoms with Crippen LogP contribution in [0.5, 0.6) is 0 Å². The predicted molar refractivity (Wildman–Crippen MR) is 244 cm³/mol. The molecule has 3 saturated heterocycles. The molecule has 1 saturated carbocycles. The lowest BCUT2D eigenvalue weighted by atomic mass is 9.84. The summed E-state index contributed by atoms with van der Waals surface area (Å²) in [6.07, 6.45) is 4.90. The Morgan fingerprint density at radius 2 is 1.80 bits per heavy atom. The number of aromatic nitrogens is 3. The number of amides is 2. The number of fused-ring (bicyclic) bond motifs is 2. The molecule has 3 aromatic heterocycles. The van der Waals surface area contributed by atoms with Gasteiger partial charge in [-0.15, -0.1) is 11.3 Å². The van der Waals surface area contributed by atoms with Gasteiger partial charge in [0.05, 0.1) is 46.7 Å². The quantitative estimate of drug-likeness (QED) is 0.150. The number of carbonyl (C=O) groups excluding carboxylic acids is 2. The van der Waals surface area contributed by atoms with Gasteiger partial charge in [-0.05, 0) is 95.1 Å². The lowest BCUT2D eigenvalue weighted by molar-refractivity contribution is -0.141. The summed E-state index contributed by atoms with van der Waals surface area (Å²) in [5.74, 6) is 0.666. The molecule has 4 aromatic rings. The second-order valence-electron chi connectivity index (χ2n) is 19.0. The van der Waals surface area contributed by atoms with Crippen LogP contribution in [0.15, 0.2) is 35.8 Å². The van der Waals surface area contributed by atoms with Crippen LogP contribution in [0.1, 0.15) is 69.8 Å². The number of hydrogen-bond acceptors (Lipinski definition) is 11. The monoisotopic (exact) mass is 854 g/mol. The Morgan fingerprint density at radius 3 is 2.49 bits per heavy atom. The van der Waals surface area contributed by atoms with Crippen LogP contribution in [-0.2, 0) is 38.4 Å². The van der Waals surface area contributed by atoms with E-state index in [0.717, 1.165) is 104 Å². The minimum absolute atomic E-state index is 0.00114. The average molecular weight is 854 g/mol. The number of likely N-dealkylation sites (N-methyl/N-ethyl adjacent to an activating group) is 1. The number of piperidine rings is 1. The first-order valence-electron chi connectivity index (χ1n) is 22.4. The van der Waals surface area contributed by atoms with Gasteiger partial charge < -0.3 is 34.1 Å². The molecule has 6 atom stereocenters. The fraction of sp³-hybridized carbons (Fsp3) is 0.617. The van der Waals surface area contributed by atoms with E-state index in [4.69, 9.17) is 19.4 Å². The normalized spacial score (nSPS) is 23.4. The Balaban J connectivity index is 1.16. The Labute approximate surface area is 366 Å². The second kappa shape index (κ2) is 18.1. The molecule has 2 amide bonds. The van der Waals surface area contributed by atoms with Crippen LogP contribution >= 0.6 is 11.3 Å². The molecule has 4 aliphatic rings. The molecule has 0 spiro atoms. The third-order valence-corrected chi connectivity index (χ3v) is 14.5. The zero-order valence-electron chi connectivity index (χ0n) is 37.8. The van der Waals surface area contributed by atoms with Crippen molar-refractivity contribution in [3.63, 3.8) is 0 Å². The number of benzene rings is 1. The summed E-state index contributed by atoms with van der Waals surface area (Å²) < 4.78 is 14.2. The minimum atomic E-state index is -0.694. The Hall–Kier alpha value is -3.92. The highest BCUT2D eigenvalue weighted by molar-refractivity contribution is 7.10. The molecule has 4 fully saturated rings. The zero-order chi connectivity index (χ0) is 43.2. The number of aryl methyl sites for hydroxylation is 1. The highest BCUT2D eigenvalue weighted by Gasteiger charge is 2.59. The molecule has 3 aliphatic heterocycles. The van der Waals surface area contributed by atoms with Crippen molar-refractivity contribution in [1.82, 2.24) is 40.1 Å². The first-order valence-corrected chi connectivity index (χ1v) is 23.3. The number of hydrazine groups is 1. The lowest BCUT2D eigenvalue weighted by Crippen LogP contribution is -2.58. The summed E-state index contributed by atoms with van der Waals surface area (Å²) >= 11 is 1.55. The minimum Gasteiger partial charge on any atom is -0.384 e. The summed E-state index contributed by atoms with van der Waals surface area (Å²) in [5, 5.41) is 9.04. The molecule has 2 N–H and O–H groups in total. The van der Waals surface area contributed by atoms with E-state index in [1.807, 2.05) is 6.20 Å². The molecule has 6 heterocycles. The number of pyridine rings is 1. The van der Waals surface area contributed by atoms with E-state index in [9.17, 15) is 9.59 Å². The van der Waals surface area contributed by atoms with Gasteiger partial charge in [-0.25, -0.2) is 10.4 Å². The van der Waals surface area contributed by atoms with Crippen molar-refractivity contribution in [2.45, 2.75) is 85.0 Å². The maximum Gasteiger partial charge on any atom is 0.259 e. The molecule has 1 aromatic carbocycles. The van der Waals surface area contributed by atoms with E-state index in [2.05, 4.69) is 108 Å². The van der Waals surface area contributed by atoms with Crippen molar-refractivity contribution in [3.8, 4) is 22.5 Å². The summed E-state index contributed by atoms with van der Waals surface area (Å²) in [4.78, 5) is 45.2. The molecule has 1 unspecified atom stereocenters. The van der Waals surface area contributed by atoms with Crippen LogP contribution in [0.3, 0.4) is 0 Å². The largest absolute Gasteiger partial charge is 0.384 e. The van der Waals surface area contributed by atoms with Crippen molar-refractivity contribution in [2.75, 3.05) is 85.6 Å². The lowest BCUT2D eigenvalue weighted by Gasteiger charge is -2.34. The number of rotatable bonds is 15. The zero-order valence-corrected chi connectivity index (χ0v) is 38.6. The number of ether oxygens (including phenoxy) is 2. The molecule has 61 heavy (non-hydrogen) atoms. The van der Waals surface area contributed by atoms with Gasteiger partial charge >= 0.3 is 0 Å². The molecule has 13 nitrogen and oxygen atoms in total. The van der Waals surface area contributed by atoms with Gasteiger partial charge in [0, 0.05) is 112 Å². The molecule has 1 aliphatic carbocycles. The number of piperazine rings is 1. The SMILES string of the molecule is CCn1c(-c2cc(N3CCN(C)CC3)cnc2[C@H](C)OC)c(CC(C)(C)COC)c2cc(-c3csc(C[C@H](NC(=O)C4[C@H]5CN(C)C[C@@H]45)C(=O)N4CCC[C@@H](C)N4)n3)ccc21. The fourth-order valence-electron chi connectivity index (χ4n) is 10.3. The maximum absolute atomic E-state index is 14.1. The van der Waals surface area contributed by atoms with Gasteiger partial charge in [0.1, 0.15) is 6.04 Å². The van der Waals surface area contributed by atoms with Crippen LogP contribution in [0, 0.1) is 23.2 Å². The third kappa shape index (κ3) is 9.12. The highest BCUT2D eigenvalue weighted by Crippen LogP contribution is 2.51. The van der Waals surface area contributed by atoms with E-state index >= 15 is 0 Å². The molecule has 14 heteroatoms. The number of nitrogens with one attached hydrogen (secondary N) is 2. The Morgan fingerprint density at radius 1 is 1.05 bits per heavy atom. The van der Waals surface area contributed by atoms with Crippen LogP contribution < -0.4 is 15.6 Å². The summed E-state index contributed by atoms with van der Waals surface area (Å²) in [7, 11) is 7.83. The summed E-state index contributed by atoms with van der Waals surface area (Å²) in [6.45, 7) is 18.8. The van der Waals surface area contributed by atoms with Gasteiger partial charge in [0.2, 0.25) is 5.91 Å². The van der Waals surface area contributed by atoms with Crippen LogP contribution in [-0.4, -0.2) is 134 Å². The van der Waals surface area contributed by atoms with E-state index < -0.39 is 6.04 Å². The molecule has 8 rings (SSSR count). The van der Waals surface area contributed by atoms with E-state index in [1.54, 1.807) is 30.6 Å². The number of anilines is 1. The van der Waals surface area contributed by atoms with Gasteiger partial charge in [-0.1, -0.05) is 19.9 Å². The van der Waals surface area contributed by atoms with E-state index in [-0.39, 0.29) is 35.3 Å². The van der Waals surface area contributed by atoms with E-state index in [0.29, 0.717) is 31.4 Å².